The first-order valence-corrected chi connectivity index (χ1v) is 6.20. The molecule has 94 valence electrons. The van der Waals surface area contributed by atoms with Crippen LogP contribution in [0.5, 0.6) is 0 Å². The maximum absolute atomic E-state index is 11.8. The number of hydrogen-bond donors (Lipinski definition) is 1. The molecule has 0 saturated carbocycles. The van der Waals surface area contributed by atoms with Crippen molar-refractivity contribution in [3.63, 3.8) is 0 Å². The van der Waals surface area contributed by atoms with E-state index >= 15 is 0 Å². The largest absolute Gasteiger partial charge is 0.313 e. The fraction of sp³-hybridized carbons (Fsp3) is 0.125. The van der Waals surface area contributed by atoms with E-state index in [-0.39, 0.29) is 5.56 Å². The third-order valence-corrected chi connectivity index (χ3v) is 3.48. The highest BCUT2D eigenvalue weighted by Crippen LogP contribution is 2.24. The van der Waals surface area contributed by atoms with Crippen LogP contribution in [-0.4, -0.2) is 9.97 Å². The Morgan fingerprint density at radius 3 is 2.47 bits per heavy atom. The Hall–Kier alpha value is -2.42. The number of fused-ring (bicyclic) bond motifs is 1. The lowest BCUT2D eigenvalue weighted by Crippen LogP contribution is -2.05. The van der Waals surface area contributed by atoms with Gasteiger partial charge in [0.15, 0.2) is 0 Å². The fourth-order valence-electron chi connectivity index (χ4n) is 2.17. The molecule has 0 unspecified atom stereocenters. The SMILES string of the molecule is Cc1ccc(-c2ccc3nc[nH]c(=O)c3c2)cc1C. The molecule has 1 N–H and O–H groups in total. The van der Waals surface area contributed by atoms with E-state index in [1.807, 2.05) is 18.2 Å². The molecule has 2 aromatic carbocycles. The summed E-state index contributed by atoms with van der Waals surface area (Å²) in [5.41, 5.74) is 5.29. The average Bonchev–Trinajstić information content (AvgIpc) is 2.42. The predicted molar refractivity (Wildman–Crippen MR) is 77.3 cm³/mol. The molecule has 0 aliphatic rings. The Kier molecular flexibility index (Phi) is 2.67. The van der Waals surface area contributed by atoms with Crippen LogP contribution >= 0.6 is 0 Å². The number of benzene rings is 2. The number of aryl methyl sites for hydroxylation is 2. The quantitative estimate of drug-likeness (QED) is 0.720. The zero-order chi connectivity index (χ0) is 13.4. The second-order valence-corrected chi connectivity index (χ2v) is 4.76. The summed E-state index contributed by atoms with van der Waals surface area (Å²) in [4.78, 5) is 18.5. The number of H-pyrrole nitrogens is 1. The van der Waals surface area contributed by atoms with Crippen molar-refractivity contribution in [2.24, 2.45) is 0 Å². The Morgan fingerprint density at radius 1 is 0.947 bits per heavy atom. The fourth-order valence-corrected chi connectivity index (χ4v) is 2.17. The van der Waals surface area contributed by atoms with Gasteiger partial charge in [0, 0.05) is 0 Å². The zero-order valence-corrected chi connectivity index (χ0v) is 10.9. The van der Waals surface area contributed by atoms with Crippen molar-refractivity contribution in [3.05, 3.63) is 64.2 Å². The number of nitrogens with one attached hydrogen (secondary N) is 1. The van der Waals surface area contributed by atoms with Crippen LogP contribution in [0.4, 0.5) is 0 Å². The van der Waals surface area contributed by atoms with Crippen LogP contribution in [0.1, 0.15) is 11.1 Å². The summed E-state index contributed by atoms with van der Waals surface area (Å²) >= 11 is 0. The molecule has 3 nitrogen and oxygen atoms in total. The highest BCUT2D eigenvalue weighted by atomic mass is 16.1. The van der Waals surface area contributed by atoms with Crippen molar-refractivity contribution in [3.8, 4) is 11.1 Å². The van der Waals surface area contributed by atoms with Crippen molar-refractivity contribution in [1.29, 1.82) is 0 Å². The van der Waals surface area contributed by atoms with Gasteiger partial charge in [0.05, 0.1) is 17.2 Å². The summed E-state index contributed by atoms with van der Waals surface area (Å²) in [5.74, 6) is 0. The Morgan fingerprint density at radius 2 is 1.68 bits per heavy atom. The van der Waals surface area contributed by atoms with Crippen molar-refractivity contribution in [2.75, 3.05) is 0 Å². The minimum Gasteiger partial charge on any atom is -0.313 e. The smallest absolute Gasteiger partial charge is 0.258 e. The maximum atomic E-state index is 11.8. The van der Waals surface area contributed by atoms with Gasteiger partial charge in [0.2, 0.25) is 0 Å². The predicted octanol–water partition coefficient (Wildman–Crippen LogP) is 3.21. The van der Waals surface area contributed by atoms with Crippen LogP contribution in [0.15, 0.2) is 47.5 Å². The topological polar surface area (TPSA) is 45.8 Å². The number of nitrogens with zero attached hydrogens (tertiary/aromatic N) is 1. The molecule has 0 aliphatic carbocycles. The van der Waals surface area contributed by atoms with Gasteiger partial charge in [-0.05, 0) is 48.2 Å². The molecule has 0 aliphatic heterocycles. The van der Waals surface area contributed by atoms with Crippen LogP contribution in [0.2, 0.25) is 0 Å². The Bertz CT molecular complexity index is 818. The number of hydrogen-bond acceptors (Lipinski definition) is 2. The van der Waals surface area contributed by atoms with Gasteiger partial charge in [0.1, 0.15) is 0 Å². The molecule has 3 rings (SSSR count). The zero-order valence-electron chi connectivity index (χ0n) is 10.9. The molecule has 3 aromatic rings. The highest BCUT2D eigenvalue weighted by molar-refractivity contribution is 5.83. The molecular formula is C16H14N2O. The highest BCUT2D eigenvalue weighted by Gasteiger charge is 2.04. The van der Waals surface area contributed by atoms with E-state index in [2.05, 4.69) is 42.0 Å². The second-order valence-electron chi connectivity index (χ2n) is 4.76. The van der Waals surface area contributed by atoms with Crippen molar-refractivity contribution in [1.82, 2.24) is 9.97 Å². The molecule has 1 heterocycles. The van der Waals surface area contributed by atoms with Crippen LogP contribution < -0.4 is 5.56 Å². The van der Waals surface area contributed by atoms with Gasteiger partial charge in [-0.25, -0.2) is 4.98 Å². The van der Waals surface area contributed by atoms with E-state index < -0.39 is 0 Å². The summed E-state index contributed by atoms with van der Waals surface area (Å²) in [6.07, 6.45) is 1.43. The molecule has 3 heteroatoms. The van der Waals surface area contributed by atoms with E-state index in [4.69, 9.17) is 0 Å². The summed E-state index contributed by atoms with van der Waals surface area (Å²) in [6, 6.07) is 12.1. The molecular weight excluding hydrogens is 236 g/mol. The minimum atomic E-state index is -0.101. The van der Waals surface area contributed by atoms with Gasteiger partial charge in [-0.3, -0.25) is 4.79 Å². The van der Waals surface area contributed by atoms with E-state index in [9.17, 15) is 4.79 Å². The van der Waals surface area contributed by atoms with Crippen molar-refractivity contribution in [2.45, 2.75) is 13.8 Å². The van der Waals surface area contributed by atoms with Gasteiger partial charge >= 0.3 is 0 Å². The minimum absolute atomic E-state index is 0.101. The normalized spacial score (nSPS) is 10.8. The maximum Gasteiger partial charge on any atom is 0.258 e. The molecule has 0 fully saturated rings. The molecule has 0 bridgehead atoms. The van der Waals surface area contributed by atoms with Crippen molar-refractivity contribution >= 4 is 10.9 Å². The van der Waals surface area contributed by atoms with E-state index in [0.717, 1.165) is 16.6 Å². The third-order valence-electron chi connectivity index (χ3n) is 3.48. The lowest BCUT2D eigenvalue weighted by Gasteiger charge is -2.06. The lowest BCUT2D eigenvalue weighted by atomic mass is 9.99. The van der Waals surface area contributed by atoms with Crippen LogP contribution in [0.25, 0.3) is 22.0 Å². The summed E-state index contributed by atoms with van der Waals surface area (Å²) in [6.45, 7) is 4.18. The summed E-state index contributed by atoms with van der Waals surface area (Å²) in [5, 5.41) is 0.623. The number of aromatic nitrogens is 2. The molecule has 0 saturated heterocycles. The molecule has 0 amide bonds. The monoisotopic (exact) mass is 250 g/mol. The molecule has 19 heavy (non-hydrogen) atoms. The average molecular weight is 250 g/mol. The van der Waals surface area contributed by atoms with Gasteiger partial charge in [-0.1, -0.05) is 24.3 Å². The second kappa shape index (κ2) is 4.35. The van der Waals surface area contributed by atoms with E-state index in [1.165, 1.54) is 17.5 Å². The van der Waals surface area contributed by atoms with Crippen LogP contribution in [-0.2, 0) is 0 Å². The molecule has 0 radical (unpaired) electrons. The number of rotatable bonds is 1. The van der Waals surface area contributed by atoms with E-state index in [0.29, 0.717) is 5.39 Å². The van der Waals surface area contributed by atoms with Gasteiger partial charge < -0.3 is 4.98 Å². The van der Waals surface area contributed by atoms with Crippen LogP contribution in [0, 0.1) is 13.8 Å². The van der Waals surface area contributed by atoms with Gasteiger partial charge in [-0.15, -0.1) is 0 Å². The van der Waals surface area contributed by atoms with Crippen LogP contribution in [0.3, 0.4) is 0 Å². The molecule has 0 spiro atoms. The Labute approximate surface area is 111 Å². The first kappa shape index (κ1) is 11.7. The molecule has 1 aromatic heterocycles. The Balaban J connectivity index is 2.22. The summed E-state index contributed by atoms with van der Waals surface area (Å²) in [7, 11) is 0. The molecule has 0 atom stereocenters. The number of aromatic amines is 1. The first-order valence-electron chi connectivity index (χ1n) is 6.20. The van der Waals surface area contributed by atoms with Crippen molar-refractivity contribution < 1.29 is 0 Å². The summed E-state index contributed by atoms with van der Waals surface area (Å²) < 4.78 is 0. The third kappa shape index (κ3) is 2.03. The standard InChI is InChI=1S/C16H14N2O/c1-10-3-4-12(7-11(10)2)13-5-6-15-14(8-13)16(19)18-9-17-15/h3-9H,1-2H3,(H,17,18,19). The van der Waals surface area contributed by atoms with E-state index in [1.54, 1.807) is 0 Å². The van der Waals surface area contributed by atoms with Gasteiger partial charge in [0.25, 0.3) is 5.56 Å². The van der Waals surface area contributed by atoms with Gasteiger partial charge in [-0.2, -0.15) is 0 Å². The lowest BCUT2D eigenvalue weighted by molar-refractivity contribution is 1.17. The first-order chi connectivity index (χ1) is 9.15.